The molecule has 0 fully saturated rings. The van der Waals surface area contributed by atoms with Crippen LogP contribution in [0.1, 0.15) is 5.01 Å². The number of benzene rings is 2. The summed E-state index contributed by atoms with van der Waals surface area (Å²) in [5.41, 5.74) is 2.24. The summed E-state index contributed by atoms with van der Waals surface area (Å²) in [5.74, 6) is 1.02. The van der Waals surface area contributed by atoms with Crippen molar-refractivity contribution in [3.63, 3.8) is 0 Å². The van der Waals surface area contributed by atoms with Crippen LogP contribution in [0.5, 0.6) is 11.5 Å². The molecule has 0 saturated carbocycles. The number of thiazole rings is 1. The predicted octanol–water partition coefficient (Wildman–Crippen LogP) is 4.73. The van der Waals surface area contributed by atoms with Crippen molar-refractivity contribution in [2.24, 2.45) is 0 Å². The highest BCUT2D eigenvalue weighted by Gasteiger charge is 2.31. The molecule has 0 radical (unpaired) electrons. The zero-order chi connectivity index (χ0) is 20.5. The van der Waals surface area contributed by atoms with Crippen LogP contribution in [-0.4, -0.2) is 36.7 Å². The van der Waals surface area contributed by atoms with Gasteiger partial charge in [0.25, 0.3) is 0 Å². The van der Waals surface area contributed by atoms with E-state index in [9.17, 15) is 9.50 Å². The summed E-state index contributed by atoms with van der Waals surface area (Å²) in [5, 5.41) is 21.3. The highest BCUT2D eigenvalue weighted by Crippen LogP contribution is 2.38. The van der Waals surface area contributed by atoms with Crippen LogP contribution in [0.2, 0.25) is 0 Å². The molecule has 4 rings (SSSR count). The molecule has 0 bridgehead atoms. The Morgan fingerprint density at radius 1 is 1.17 bits per heavy atom. The second-order valence-electron chi connectivity index (χ2n) is 6.34. The summed E-state index contributed by atoms with van der Waals surface area (Å²) < 4.78 is 24.3. The van der Waals surface area contributed by atoms with Gasteiger partial charge in [0.2, 0.25) is 0 Å². The van der Waals surface area contributed by atoms with Gasteiger partial charge in [-0.15, -0.1) is 11.3 Å². The van der Waals surface area contributed by atoms with Gasteiger partial charge in [-0.2, -0.15) is 0 Å². The average Bonchev–Trinajstić information content (AvgIpc) is 3.31. The lowest BCUT2D eigenvalue weighted by molar-refractivity contribution is 0.404. The number of rotatable bonds is 5. The van der Waals surface area contributed by atoms with Crippen molar-refractivity contribution < 1.29 is 19.0 Å². The zero-order valence-corrected chi connectivity index (χ0v) is 16.6. The van der Waals surface area contributed by atoms with Crippen LogP contribution >= 0.6 is 11.3 Å². The van der Waals surface area contributed by atoms with E-state index in [4.69, 9.17) is 14.9 Å². The molecular formula is C21H18FN3O3S. The molecule has 29 heavy (non-hydrogen) atoms. The third-order valence-electron chi connectivity index (χ3n) is 4.62. The fraction of sp³-hybridized carbons (Fsp3) is 0.143. The standard InChI is InChI=1S/C21H18FN3O3S/c1-27-14-6-7-18(28-2)15(9-14)16-11-29-21(24-16)19-17(26)10-25(20(19)23)13-5-3-4-12(22)8-13/h3-9,11,23,26H,10H2,1-2H3. The summed E-state index contributed by atoms with van der Waals surface area (Å²) in [4.78, 5) is 6.16. The second kappa shape index (κ2) is 7.56. The van der Waals surface area contributed by atoms with Gasteiger partial charge in [0, 0.05) is 16.6 Å². The molecule has 1 aromatic heterocycles. The Bertz CT molecular complexity index is 1130. The van der Waals surface area contributed by atoms with Crippen LogP contribution < -0.4 is 14.4 Å². The van der Waals surface area contributed by atoms with Gasteiger partial charge in [0.05, 0.1) is 32.0 Å². The van der Waals surface area contributed by atoms with E-state index in [1.54, 1.807) is 43.4 Å². The zero-order valence-electron chi connectivity index (χ0n) is 15.8. The molecule has 0 atom stereocenters. The normalized spacial score (nSPS) is 13.9. The molecule has 2 N–H and O–H groups in total. The number of methoxy groups -OCH3 is 2. The quantitative estimate of drug-likeness (QED) is 0.634. The molecule has 0 spiro atoms. The molecule has 1 aliphatic heterocycles. The van der Waals surface area contributed by atoms with Crippen LogP contribution in [0, 0.1) is 11.2 Å². The fourth-order valence-electron chi connectivity index (χ4n) is 3.20. The lowest BCUT2D eigenvalue weighted by Gasteiger charge is -2.18. The first kappa shape index (κ1) is 18.9. The van der Waals surface area contributed by atoms with E-state index in [0.717, 1.165) is 5.56 Å². The van der Waals surface area contributed by atoms with Gasteiger partial charge in [0.15, 0.2) is 0 Å². The van der Waals surface area contributed by atoms with Crippen molar-refractivity contribution in [2.75, 3.05) is 25.7 Å². The van der Waals surface area contributed by atoms with Crippen LogP contribution in [0.3, 0.4) is 0 Å². The second-order valence-corrected chi connectivity index (χ2v) is 7.20. The molecule has 0 aliphatic carbocycles. The van der Waals surface area contributed by atoms with Crippen molar-refractivity contribution >= 4 is 28.4 Å². The minimum absolute atomic E-state index is 0.0257. The maximum absolute atomic E-state index is 13.6. The number of nitrogens with one attached hydrogen (secondary N) is 1. The van der Waals surface area contributed by atoms with E-state index in [2.05, 4.69) is 4.98 Å². The minimum atomic E-state index is -0.398. The van der Waals surface area contributed by atoms with Crippen LogP contribution in [-0.2, 0) is 0 Å². The Kier molecular flexibility index (Phi) is 4.94. The van der Waals surface area contributed by atoms with E-state index >= 15 is 0 Å². The average molecular weight is 411 g/mol. The smallest absolute Gasteiger partial charge is 0.139 e. The van der Waals surface area contributed by atoms with Gasteiger partial charge in [-0.1, -0.05) is 6.07 Å². The van der Waals surface area contributed by atoms with Crippen molar-refractivity contribution in [2.45, 2.75) is 0 Å². The van der Waals surface area contributed by atoms with Gasteiger partial charge < -0.3 is 19.5 Å². The number of hydrogen-bond acceptors (Lipinski definition) is 6. The van der Waals surface area contributed by atoms with Crippen LogP contribution in [0.15, 0.2) is 53.6 Å². The predicted molar refractivity (Wildman–Crippen MR) is 112 cm³/mol. The van der Waals surface area contributed by atoms with Gasteiger partial charge in [-0.25, -0.2) is 9.37 Å². The molecule has 2 aromatic carbocycles. The first-order valence-electron chi connectivity index (χ1n) is 8.74. The Hall–Kier alpha value is -3.39. The van der Waals surface area contributed by atoms with E-state index in [1.165, 1.54) is 23.5 Å². The topological polar surface area (TPSA) is 78.7 Å². The molecule has 6 nitrogen and oxygen atoms in total. The number of halogens is 1. The molecule has 3 aromatic rings. The van der Waals surface area contributed by atoms with Crippen LogP contribution in [0.4, 0.5) is 10.1 Å². The van der Waals surface area contributed by atoms with Crippen molar-refractivity contribution in [1.29, 1.82) is 5.41 Å². The number of aromatic nitrogens is 1. The molecule has 0 unspecified atom stereocenters. The highest BCUT2D eigenvalue weighted by molar-refractivity contribution is 7.11. The lowest BCUT2D eigenvalue weighted by atomic mass is 10.1. The minimum Gasteiger partial charge on any atom is -0.510 e. The molecule has 0 saturated heterocycles. The lowest BCUT2D eigenvalue weighted by Crippen LogP contribution is -2.26. The summed E-state index contributed by atoms with van der Waals surface area (Å²) >= 11 is 1.32. The fourth-order valence-corrected chi connectivity index (χ4v) is 4.08. The molecule has 1 aliphatic rings. The highest BCUT2D eigenvalue weighted by atomic mass is 32.1. The summed E-state index contributed by atoms with van der Waals surface area (Å²) in [6.07, 6.45) is 0. The van der Waals surface area contributed by atoms with E-state index in [1.807, 2.05) is 11.4 Å². The van der Waals surface area contributed by atoms with Gasteiger partial charge in [0.1, 0.15) is 33.9 Å². The number of nitrogens with zero attached hydrogens (tertiary/aromatic N) is 2. The van der Waals surface area contributed by atoms with E-state index in [-0.39, 0.29) is 18.1 Å². The summed E-state index contributed by atoms with van der Waals surface area (Å²) in [7, 11) is 3.16. The third kappa shape index (κ3) is 3.42. The molecule has 0 amide bonds. The maximum Gasteiger partial charge on any atom is 0.139 e. The molecule has 8 heteroatoms. The Labute approximate surface area is 171 Å². The molecule has 148 valence electrons. The van der Waals surface area contributed by atoms with Gasteiger partial charge in [-0.05, 0) is 36.4 Å². The Balaban J connectivity index is 1.68. The molecule has 2 heterocycles. The monoisotopic (exact) mass is 411 g/mol. The number of amidine groups is 1. The number of ether oxygens (including phenoxy) is 2. The number of hydrogen-bond donors (Lipinski definition) is 2. The number of anilines is 1. The third-order valence-corrected chi connectivity index (χ3v) is 5.48. The van der Waals surface area contributed by atoms with Gasteiger partial charge >= 0.3 is 0 Å². The van der Waals surface area contributed by atoms with Crippen molar-refractivity contribution in [1.82, 2.24) is 4.98 Å². The molecular weight excluding hydrogens is 393 g/mol. The van der Waals surface area contributed by atoms with Crippen molar-refractivity contribution in [3.05, 3.63) is 64.4 Å². The Morgan fingerprint density at radius 3 is 2.72 bits per heavy atom. The van der Waals surface area contributed by atoms with Crippen molar-refractivity contribution in [3.8, 4) is 22.8 Å². The van der Waals surface area contributed by atoms with E-state index in [0.29, 0.717) is 33.5 Å². The van der Waals surface area contributed by atoms with Crippen LogP contribution in [0.25, 0.3) is 16.8 Å². The number of aliphatic hydroxyl groups excluding tert-OH is 1. The van der Waals surface area contributed by atoms with E-state index < -0.39 is 5.82 Å². The summed E-state index contributed by atoms with van der Waals surface area (Å²) in [6.45, 7) is 0.0923. The van der Waals surface area contributed by atoms with Gasteiger partial charge in [-0.3, -0.25) is 5.41 Å². The summed E-state index contributed by atoms with van der Waals surface area (Å²) in [6, 6.07) is 11.4. The number of aliphatic hydroxyl groups is 1. The largest absolute Gasteiger partial charge is 0.510 e. The maximum atomic E-state index is 13.6. The first-order chi connectivity index (χ1) is 14.0. The first-order valence-corrected chi connectivity index (χ1v) is 9.62. The Morgan fingerprint density at radius 2 is 2.00 bits per heavy atom. The SMILES string of the molecule is COc1ccc(OC)c(-c2csc(C3=C(O)CN(c4cccc(F)c4)C3=N)n2)c1.